The van der Waals surface area contributed by atoms with Gasteiger partial charge in [0.2, 0.25) is 0 Å². The lowest BCUT2D eigenvalue weighted by Gasteiger charge is -2.18. The summed E-state index contributed by atoms with van der Waals surface area (Å²) in [4.78, 5) is 41.9. The average molecular weight is 508 g/mol. The lowest BCUT2D eigenvalue weighted by Crippen LogP contribution is -2.32. The van der Waals surface area contributed by atoms with Crippen LogP contribution in [-0.2, 0) is 27.0 Å². The molecule has 4 rings (SSSR count). The van der Waals surface area contributed by atoms with Crippen molar-refractivity contribution in [3.8, 4) is 0 Å². The SMILES string of the molecule is O=C(Cn1cnc2ccccc2c1=O)OCC(=O)N(/N=C\c1ccccc1)c1cccc(C(F)(F)F)c1. The molecule has 0 aliphatic carbocycles. The third-order valence-electron chi connectivity index (χ3n) is 5.16. The first kappa shape index (κ1) is 25.3. The van der Waals surface area contributed by atoms with Crippen LogP contribution in [0.5, 0.6) is 0 Å². The van der Waals surface area contributed by atoms with Crippen LogP contribution in [0.15, 0.2) is 95.1 Å². The Bertz CT molecular complexity index is 1520. The minimum Gasteiger partial charge on any atom is -0.454 e. The van der Waals surface area contributed by atoms with Crippen LogP contribution < -0.4 is 10.6 Å². The highest BCUT2D eigenvalue weighted by molar-refractivity contribution is 5.96. The van der Waals surface area contributed by atoms with E-state index in [2.05, 4.69) is 10.1 Å². The van der Waals surface area contributed by atoms with E-state index in [-0.39, 0.29) is 5.69 Å². The maximum Gasteiger partial charge on any atom is 0.416 e. The van der Waals surface area contributed by atoms with Gasteiger partial charge in [0.25, 0.3) is 11.5 Å². The van der Waals surface area contributed by atoms with Gasteiger partial charge in [0.15, 0.2) is 6.61 Å². The topological polar surface area (TPSA) is 93.9 Å². The van der Waals surface area contributed by atoms with E-state index in [4.69, 9.17) is 4.74 Å². The van der Waals surface area contributed by atoms with Crippen molar-refractivity contribution in [2.24, 2.45) is 5.10 Å². The highest BCUT2D eigenvalue weighted by atomic mass is 19.4. The van der Waals surface area contributed by atoms with Crippen LogP contribution in [0.3, 0.4) is 0 Å². The number of hydrazone groups is 1. The van der Waals surface area contributed by atoms with Crippen molar-refractivity contribution in [3.63, 3.8) is 0 Å². The fourth-order valence-corrected chi connectivity index (χ4v) is 3.36. The summed E-state index contributed by atoms with van der Waals surface area (Å²) in [5.41, 5.74) is -0.560. The molecule has 0 N–H and O–H groups in total. The van der Waals surface area contributed by atoms with E-state index in [0.717, 1.165) is 27.8 Å². The minimum atomic E-state index is -4.64. The molecule has 0 atom stereocenters. The maximum absolute atomic E-state index is 13.2. The number of amides is 1. The first-order valence-corrected chi connectivity index (χ1v) is 10.9. The summed E-state index contributed by atoms with van der Waals surface area (Å²) in [5.74, 6) is -1.81. The predicted molar refractivity (Wildman–Crippen MR) is 130 cm³/mol. The summed E-state index contributed by atoms with van der Waals surface area (Å²) in [7, 11) is 0. The largest absolute Gasteiger partial charge is 0.454 e. The number of hydrogen-bond donors (Lipinski definition) is 0. The zero-order chi connectivity index (χ0) is 26.4. The van der Waals surface area contributed by atoms with Crippen molar-refractivity contribution >= 4 is 34.7 Å². The summed E-state index contributed by atoms with van der Waals surface area (Å²) in [5, 5.41) is 5.06. The van der Waals surface area contributed by atoms with Crippen LogP contribution >= 0.6 is 0 Å². The molecular weight excluding hydrogens is 489 g/mol. The molecule has 11 heteroatoms. The fraction of sp³-hybridized carbons (Fsp3) is 0.115. The molecule has 37 heavy (non-hydrogen) atoms. The number of carbonyl (C=O) groups is 2. The van der Waals surface area contributed by atoms with Crippen molar-refractivity contribution in [2.75, 3.05) is 11.6 Å². The number of alkyl halides is 3. The molecule has 1 aromatic heterocycles. The normalized spacial score (nSPS) is 11.5. The van der Waals surface area contributed by atoms with Gasteiger partial charge in [0.1, 0.15) is 6.54 Å². The van der Waals surface area contributed by atoms with Gasteiger partial charge in [-0.1, -0.05) is 48.5 Å². The Morgan fingerprint density at radius 2 is 1.73 bits per heavy atom. The average Bonchev–Trinajstić information content (AvgIpc) is 2.90. The molecule has 1 amide bonds. The molecule has 8 nitrogen and oxygen atoms in total. The number of nitrogens with zero attached hydrogens (tertiary/aromatic N) is 4. The second-order valence-electron chi connectivity index (χ2n) is 7.76. The van der Waals surface area contributed by atoms with Crippen LogP contribution in [0, 0.1) is 0 Å². The number of anilines is 1. The molecule has 4 aromatic rings. The van der Waals surface area contributed by atoms with E-state index < -0.39 is 42.3 Å². The number of rotatable bonds is 7. The highest BCUT2D eigenvalue weighted by Gasteiger charge is 2.31. The summed E-state index contributed by atoms with van der Waals surface area (Å²) < 4.78 is 45.7. The van der Waals surface area contributed by atoms with E-state index >= 15 is 0 Å². The Hall–Kier alpha value is -4.80. The first-order valence-electron chi connectivity index (χ1n) is 10.9. The summed E-state index contributed by atoms with van der Waals surface area (Å²) >= 11 is 0. The Morgan fingerprint density at radius 1 is 1.00 bits per heavy atom. The number of hydrogen-bond acceptors (Lipinski definition) is 6. The molecule has 0 saturated heterocycles. The summed E-state index contributed by atoms with van der Waals surface area (Å²) in [6.07, 6.45) is -2.16. The van der Waals surface area contributed by atoms with Gasteiger partial charge >= 0.3 is 12.1 Å². The van der Waals surface area contributed by atoms with E-state index in [1.165, 1.54) is 18.6 Å². The highest BCUT2D eigenvalue weighted by Crippen LogP contribution is 2.31. The molecule has 0 spiro atoms. The second-order valence-corrected chi connectivity index (χ2v) is 7.76. The number of aromatic nitrogens is 2. The molecule has 0 fully saturated rings. The van der Waals surface area contributed by atoms with Crippen LogP contribution in [0.2, 0.25) is 0 Å². The van der Waals surface area contributed by atoms with Crippen molar-refractivity contribution in [3.05, 3.63) is 107 Å². The molecule has 0 radical (unpaired) electrons. The number of esters is 1. The molecule has 188 valence electrons. The van der Waals surface area contributed by atoms with Gasteiger partial charge in [0.05, 0.1) is 34.7 Å². The quantitative estimate of drug-likeness (QED) is 0.214. The van der Waals surface area contributed by atoms with Crippen molar-refractivity contribution in [1.82, 2.24) is 9.55 Å². The number of halogens is 3. The first-order chi connectivity index (χ1) is 17.7. The van der Waals surface area contributed by atoms with Crippen molar-refractivity contribution in [1.29, 1.82) is 0 Å². The predicted octanol–water partition coefficient (Wildman–Crippen LogP) is 4.03. The van der Waals surface area contributed by atoms with Gasteiger partial charge in [-0.15, -0.1) is 0 Å². The molecule has 0 unspecified atom stereocenters. The van der Waals surface area contributed by atoms with Gasteiger partial charge in [-0.05, 0) is 35.9 Å². The van der Waals surface area contributed by atoms with E-state index in [0.29, 0.717) is 16.5 Å². The number of benzene rings is 3. The number of carbonyl (C=O) groups excluding carboxylic acids is 2. The van der Waals surface area contributed by atoms with Crippen LogP contribution in [0.4, 0.5) is 18.9 Å². The van der Waals surface area contributed by atoms with E-state index in [1.54, 1.807) is 54.6 Å². The molecule has 1 heterocycles. The second kappa shape index (κ2) is 10.9. The molecule has 0 aliphatic heterocycles. The molecule has 0 aliphatic rings. The number of para-hydroxylation sites is 1. The molecule has 0 bridgehead atoms. The van der Waals surface area contributed by atoms with Crippen LogP contribution in [0.25, 0.3) is 10.9 Å². The van der Waals surface area contributed by atoms with Crippen molar-refractivity contribution in [2.45, 2.75) is 12.7 Å². The lowest BCUT2D eigenvalue weighted by molar-refractivity contribution is -0.148. The zero-order valence-electron chi connectivity index (χ0n) is 19.1. The maximum atomic E-state index is 13.2. The molecular formula is C26H19F3N4O4. The molecule has 3 aromatic carbocycles. The Balaban J connectivity index is 1.51. The standard InChI is InChI=1S/C26H19F3N4O4/c27-26(28,29)19-9-6-10-20(13-19)33(31-14-18-7-2-1-3-8-18)23(34)16-37-24(35)15-32-17-30-22-12-5-4-11-21(22)25(32)36/h1-14,17H,15-16H2/b31-14-. The Morgan fingerprint density at radius 3 is 2.49 bits per heavy atom. The lowest BCUT2D eigenvalue weighted by atomic mass is 10.2. The number of fused-ring (bicyclic) bond motifs is 1. The minimum absolute atomic E-state index is 0.169. The smallest absolute Gasteiger partial charge is 0.416 e. The Labute approximate surface area is 208 Å². The van der Waals surface area contributed by atoms with Gasteiger partial charge in [-0.3, -0.25) is 19.0 Å². The van der Waals surface area contributed by atoms with Crippen LogP contribution in [-0.4, -0.2) is 34.2 Å². The van der Waals surface area contributed by atoms with Gasteiger partial charge in [0, 0.05) is 0 Å². The number of ether oxygens (including phenoxy) is 1. The van der Waals surface area contributed by atoms with Gasteiger partial charge in [-0.25, -0.2) is 4.98 Å². The van der Waals surface area contributed by atoms with Gasteiger partial charge in [-0.2, -0.15) is 23.3 Å². The third-order valence-corrected chi connectivity index (χ3v) is 5.16. The molecule has 0 saturated carbocycles. The zero-order valence-corrected chi connectivity index (χ0v) is 19.1. The third kappa shape index (κ3) is 6.26. The van der Waals surface area contributed by atoms with Crippen LogP contribution in [0.1, 0.15) is 11.1 Å². The Kier molecular flexibility index (Phi) is 7.42. The van der Waals surface area contributed by atoms with Crippen molar-refractivity contribution < 1.29 is 27.5 Å². The van der Waals surface area contributed by atoms with E-state index in [9.17, 15) is 27.6 Å². The fourth-order valence-electron chi connectivity index (χ4n) is 3.36. The summed E-state index contributed by atoms with van der Waals surface area (Å²) in [6, 6.07) is 19.2. The van der Waals surface area contributed by atoms with E-state index in [1.807, 2.05) is 0 Å². The monoisotopic (exact) mass is 508 g/mol. The van der Waals surface area contributed by atoms with Gasteiger partial charge < -0.3 is 4.74 Å². The summed E-state index contributed by atoms with van der Waals surface area (Å²) in [6.45, 7) is -1.34.